The van der Waals surface area contributed by atoms with Gasteiger partial charge in [-0.3, -0.25) is 9.52 Å². The first-order chi connectivity index (χ1) is 16.7. The van der Waals surface area contributed by atoms with Crippen LogP contribution in [0.15, 0.2) is 72.8 Å². The average molecular weight is 496 g/mol. The van der Waals surface area contributed by atoms with Gasteiger partial charge in [-0.1, -0.05) is 37.3 Å². The molecule has 0 unspecified atom stereocenters. The molecule has 7 nitrogen and oxygen atoms in total. The topological polar surface area (TPSA) is 79.0 Å². The zero-order valence-corrected chi connectivity index (χ0v) is 21.5. The zero-order valence-electron chi connectivity index (χ0n) is 20.7. The molecular weight excluding hydrogens is 462 g/mol. The molecule has 1 N–H and O–H groups in total. The molecule has 0 aliphatic carbocycles. The smallest absolute Gasteiger partial charge is 0.254 e. The minimum Gasteiger partial charge on any atom is -0.497 e. The molecule has 8 heteroatoms. The highest BCUT2D eigenvalue weighted by Crippen LogP contribution is 2.27. The van der Waals surface area contributed by atoms with Crippen LogP contribution in [-0.2, 0) is 23.1 Å². The number of hydrogen-bond acceptors (Lipinski definition) is 5. The third-order valence-corrected chi connectivity index (χ3v) is 7.00. The molecule has 0 saturated carbocycles. The predicted octanol–water partition coefficient (Wildman–Crippen LogP) is 4.76. The fourth-order valence-electron chi connectivity index (χ4n) is 3.84. The van der Waals surface area contributed by atoms with Gasteiger partial charge >= 0.3 is 0 Å². The van der Waals surface area contributed by atoms with E-state index in [9.17, 15) is 13.2 Å². The molecule has 186 valence electrons. The Hall–Kier alpha value is -3.52. The number of rotatable bonds is 11. The van der Waals surface area contributed by atoms with E-state index in [1.54, 1.807) is 42.3 Å². The van der Waals surface area contributed by atoms with Crippen LogP contribution in [0.2, 0.25) is 0 Å². The molecule has 0 heterocycles. The first-order valence-electron chi connectivity index (χ1n) is 11.5. The molecule has 0 bridgehead atoms. The molecule has 0 atom stereocenters. The molecule has 0 fully saturated rings. The van der Waals surface area contributed by atoms with Crippen LogP contribution in [0, 0.1) is 0 Å². The number of hydrogen-bond donors (Lipinski definition) is 1. The summed E-state index contributed by atoms with van der Waals surface area (Å²) in [5.41, 5.74) is 3.78. The second-order valence-corrected chi connectivity index (χ2v) is 10.4. The van der Waals surface area contributed by atoms with Gasteiger partial charge in [0, 0.05) is 44.1 Å². The van der Waals surface area contributed by atoms with Crippen molar-refractivity contribution in [3.63, 3.8) is 0 Å². The summed E-state index contributed by atoms with van der Waals surface area (Å²) < 4.78 is 32.6. The monoisotopic (exact) mass is 495 g/mol. The van der Waals surface area contributed by atoms with Crippen molar-refractivity contribution in [2.75, 3.05) is 36.6 Å². The number of methoxy groups -OCH3 is 1. The third-order valence-electron chi connectivity index (χ3n) is 5.51. The van der Waals surface area contributed by atoms with Crippen molar-refractivity contribution in [1.29, 1.82) is 0 Å². The van der Waals surface area contributed by atoms with Crippen molar-refractivity contribution < 1.29 is 17.9 Å². The normalized spacial score (nSPS) is 11.1. The number of anilines is 2. The van der Waals surface area contributed by atoms with Crippen LogP contribution in [0.1, 0.15) is 34.8 Å². The summed E-state index contributed by atoms with van der Waals surface area (Å²) in [6.07, 6.45) is 0.527. The van der Waals surface area contributed by atoms with Gasteiger partial charge in [0.2, 0.25) is 10.0 Å². The summed E-state index contributed by atoms with van der Waals surface area (Å²) >= 11 is 0. The van der Waals surface area contributed by atoms with Gasteiger partial charge in [-0.15, -0.1) is 0 Å². The van der Waals surface area contributed by atoms with E-state index in [-0.39, 0.29) is 11.7 Å². The highest BCUT2D eigenvalue weighted by atomic mass is 32.2. The SMILES string of the molecule is CCCS(=O)(=O)Nc1ccc(N(C)C)c(CN(Cc2ccccc2)C(=O)c2ccc(OC)cc2)c1. The molecule has 3 aromatic carbocycles. The van der Waals surface area contributed by atoms with E-state index in [4.69, 9.17) is 4.74 Å². The van der Waals surface area contributed by atoms with Gasteiger partial charge in [0.25, 0.3) is 5.91 Å². The fraction of sp³-hybridized carbons (Fsp3) is 0.296. The molecule has 3 rings (SSSR count). The van der Waals surface area contributed by atoms with Crippen LogP contribution in [0.5, 0.6) is 5.75 Å². The highest BCUT2D eigenvalue weighted by molar-refractivity contribution is 7.92. The lowest BCUT2D eigenvalue weighted by Gasteiger charge is -2.27. The second kappa shape index (κ2) is 11.8. The standard InChI is InChI=1S/C27H33N3O4S/c1-5-17-35(32,33)28-24-13-16-26(29(2)3)23(18-24)20-30(19-21-9-7-6-8-10-21)27(31)22-11-14-25(34-4)15-12-22/h6-16,18,28H,5,17,19-20H2,1-4H3. The maximum absolute atomic E-state index is 13.6. The Kier molecular flexibility index (Phi) is 8.76. The van der Waals surface area contributed by atoms with Gasteiger partial charge in [0.1, 0.15) is 5.75 Å². The summed E-state index contributed by atoms with van der Waals surface area (Å²) in [5.74, 6) is 0.602. The lowest BCUT2D eigenvalue weighted by atomic mass is 10.1. The lowest BCUT2D eigenvalue weighted by molar-refractivity contribution is 0.0730. The first kappa shape index (κ1) is 26.1. The van der Waals surface area contributed by atoms with Crippen molar-refractivity contribution in [2.24, 2.45) is 0 Å². The van der Waals surface area contributed by atoms with Crippen LogP contribution in [-0.4, -0.2) is 46.2 Å². The van der Waals surface area contributed by atoms with Crippen molar-refractivity contribution in [2.45, 2.75) is 26.4 Å². The van der Waals surface area contributed by atoms with Gasteiger partial charge in [0.15, 0.2) is 0 Å². The van der Waals surface area contributed by atoms with E-state index in [1.165, 1.54) is 0 Å². The van der Waals surface area contributed by atoms with Crippen LogP contribution in [0.25, 0.3) is 0 Å². The van der Waals surface area contributed by atoms with Crippen LogP contribution in [0.4, 0.5) is 11.4 Å². The Morgan fingerprint density at radius 3 is 2.23 bits per heavy atom. The number of sulfonamides is 1. The molecule has 35 heavy (non-hydrogen) atoms. The molecule has 0 aliphatic heterocycles. The molecule has 0 aliphatic rings. The summed E-state index contributed by atoms with van der Waals surface area (Å²) in [6.45, 7) is 2.53. The van der Waals surface area contributed by atoms with Gasteiger partial charge < -0.3 is 14.5 Å². The Bertz CT molecular complexity index is 1230. The highest BCUT2D eigenvalue weighted by Gasteiger charge is 2.20. The Balaban J connectivity index is 1.98. The van der Waals surface area contributed by atoms with Crippen LogP contribution >= 0.6 is 0 Å². The van der Waals surface area contributed by atoms with Crippen molar-refractivity contribution >= 4 is 27.3 Å². The quantitative estimate of drug-likeness (QED) is 0.415. The van der Waals surface area contributed by atoms with Gasteiger partial charge in [0.05, 0.1) is 12.9 Å². The molecule has 0 aromatic heterocycles. The number of ether oxygens (including phenoxy) is 1. The summed E-state index contributed by atoms with van der Waals surface area (Å²) in [4.78, 5) is 17.3. The molecule has 3 aromatic rings. The van der Waals surface area contributed by atoms with Crippen molar-refractivity contribution in [3.05, 3.63) is 89.5 Å². The summed E-state index contributed by atoms with van der Waals surface area (Å²) in [6, 6.07) is 22.3. The summed E-state index contributed by atoms with van der Waals surface area (Å²) in [7, 11) is 2.00. The van der Waals surface area contributed by atoms with Crippen molar-refractivity contribution in [1.82, 2.24) is 4.90 Å². The van der Waals surface area contributed by atoms with Gasteiger partial charge in [-0.05, 0) is 60.0 Å². The third kappa shape index (κ3) is 7.23. The van der Waals surface area contributed by atoms with E-state index < -0.39 is 10.0 Å². The van der Waals surface area contributed by atoms with E-state index in [0.717, 1.165) is 16.8 Å². The Morgan fingerprint density at radius 1 is 0.943 bits per heavy atom. The van der Waals surface area contributed by atoms with Crippen LogP contribution in [0.3, 0.4) is 0 Å². The number of carbonyl (C=O) groups excluding carboxylic acids is 1. The number of benzene rings is 3. The van der Waals surface area contributed by atoms with E-state index in [2.05, 4.69) is 4.72 Å². The second-order valence-electron chi connectivity index (χ2n) is 8.53. The maximum Gasteiger partial charge on any atom is 0.254 e. The number of nitrogens with zero attached hydrogens (tertiary/aromatic N) is 2. The van der Waals surface area contributed by atoms with E-state index >= 15 is 0 Å². The number of carbonyl (C=O) groups is 1. The van der Waals surface area contributed by atoms with E-state index in [0.29, 0.717) is 36.5 Å². The number of amides is 1. The minimum atomic E-state index is -3.43. The summed E-state index contributed by atoms with van der Waals surface area (Å²) in [5, 5.41) is 0. The maximum atomic E-state index is 13.6. The zero-order chi connectivity index (χ0) is 25.4. The number of nitrogens with one attached hydrogen (secondary N) is 1. The van der Waals surface area contributed by atoms with Gasteiger partial charge in [-0.25, -0.2) is 8.42 Å². The molecule has 0 saturated heterocycles. The first-order valence-corrected chi connectivity index (χ1v) is 13.2. The van der Waals surface area contributed by atoms with E-state index in [1.807, 2.05) is 68.4 Å². The van der Waals surface area contributed by atoms with Gasteiger partial charge in [-0.2, -0.15) is 0 Å². The molecule has 1 amide bonds. The molecular formula is C27H33N3O4S. The van der Waals surface area contributed by atoms with Crippen LogP contribution < -0.4 is 14.4 Å². The average Bonchev–Trinajstić information content (AvgIpc) is 2.83. The lowest BCUT2D eigenvalue weighted by Crippen LogP contribution is -2.31. The molecule has 0 radical (unpaired) electrons. The molecule has 0 spiro atoms. The largest absolute Gasteiger partial charge is 0.497 e. The predicted molar refractivity (Wildman–Crippen MR) is 141 cm³/mol. The van der Waals surface area contributed by atoms with Crippen molar-refractivity contribution in [3.8, 4) is 5.75 Å². The minimum absolute atomic E-state index is 0.0495. The fourth-order valence-corrected chi connectivity index (χ4v) is 4.96. The Labute approximate surface area is 208 Å². The Morgan fingerprint density at radius 2 is 1.63 bits per heavy atom.